The zero-order chi connectivity index (χ0) is 11.0. The summed E-state index contributed by atoms with van der Waals surface area (Å²) in [5.74, 6) is -0.414. The number of halogens is 2. The summed E-state index contributed by atoms with van der Waals surface area (Å²) < 4.78 is 5.21. The van der Waals surface area contributed by atoms with E-state index in [-0.39, 0.29) is 5.28 Å². The van der Waals surface area contributed by atoms with Crippen LogP contribution in [0.2, 0.25) is 5.28 Å². The molecule has 0 unspecified atom stereocenters. The van der Waals surface area contributed by atoms with E-state index in [2.05, 4.69) is 30.6 Å². The Hall–Kier alpha value is -1.07. The lowest BCUT2D eigenvalue weighted by molar-refractivity contribution is 0.0600. The SMILES string of the molecule is COC(=O)c1ccc2[nH]c(Cl)nc2c1Br. The molecule has 78 valence electrons. The highest BCUT2D eigenvalue weighted by molar-refractivity contribution is 9.10. The average molecular weight is 290 g/mol. The standard InChI is InChI=1S/C9H6BrClN2O2/c1-15-8(14)4-2-3-5-7(6(4)10)13-9(11)12-5/h2-3H,1H3,(H,12,13). The molecule has 0 spiro atoms. The third-order valence-electron chi connectivity index (χ3n) is 1.97. The number of hydrogen-bond acceptors (Lipinski definition) is 3. The molecule has 0 aliphatic carbocycles. The van der Waals surface area contributed by atoms with Gasteiger partial charge in [0, 0.05) is 0 Å². The van der Waals surface area contributed by atoms with Gasteiger partial charge in [-0.2, -0.15) is 0 Å². The number of aromatic nitrogens is 2. The van der Waals surface area contributed by atoms with E-state index in [0.29, 0.717) is 15.6 Å². The van der Waals surface area contributed by atoms with E-state index < -0.39 is 5.97 Å². The first-order valence-electron chi connectivity index (χ1n) is 4.05. The Bertz CT molecular complexity index is 538. The van der Waals surface area contributed by atoms with Gasteiger partial charge in [0.15, 0.2) is 0 Å². The van der Waals surface area contributed by atoms with Crippen LogP contribution in [0.1, 0.15) is 10.4 Å². The summed E-state index contributed by atoms with van der Waals surface area (Å²) in [6.07, 6.45) is 0. The van der Waals surface area contributed by atoms with E-state index in [1.54, 1.807) is 12.1 Å². The summed E-state index contributed by atoms with van der Waals surface area (Å²) in [6.45, 7) is 0. The lowest BCUT2D eigenvalue weighted by atomic mass is 10.2. The first-order valence-corrected chi connectivity index (χ1v) is 5.22. The van der Waals surface area contributed by atoms with Crippen molar-refractivity contribution in [2.45, 2.75) is 0 Å². The number of H-pyrrole nitrogens is 1. The largest absolute Gasteiger partial charge is 0.465 e. The smallest absolute Gasteiger partial charge is 0.339 e. The molecule has 2 aromatic rings. The molecule has 0 amide bonds. The summed E-state index contributed by atoms with van der Waals surface area (Å²) >= 11 is 9.01. The second-order valence-electron chi connectivity index (χ2n) is 2.84. The van der Waals surface area contributed by atoms with Gasteiger partial charge >= 0.3 is 5.97 Å². The van der Waals surface area contributed by atoms with Crippen LogP contribution < -0.4 is 0 Å². The van der Waals surface area contributed by atoms with E-state index >= 15 is 0 Å². The Morgan fingerprint density at radius 2 is 2.33 bits per heavy atom. The summed E-state index contributed by atoms with van der Waals surface area (Å²) in [5, 5.41) is 0.285. The maximum Gasteiger partial charge on any atom is 0.339 e. The number of aromatic amines is 1. The molecule has 0 radical (unpaired) electrons. The van der Waals surface area contributed by atoms with Crippen LogP contribution in [0.15, 0.2) is 16.6 Å². The van der Waals surface area contributed by atoms with Gasteiger partial charge in [-0.15, -0.1) is 0 Å². The molecule has 0 saturated heterocycles. The Labute approximate surface area is 98.7 Å². The fraction of sp³-hybridized carbons (Fsp3) is 0.111. The molecule has 1 aromatic heterocycles. The van der Waals surface area contributed by atoms with Crippen LogP contribution in [0.5, 0.6) is 0 Å². The topological polar surface area (TPSA) is 55.0 Å². The van der Waals surface area contributed by atoms with Gasteiger partial charge in [-0.1, -0.05) is 0 Å². The van der Waals surface area contributed by atoms with Gasteiger partial charge in [0.2, 0.25) is 5.28 Å². The lowest BCUT2D eigenvalue weighted by Gasteiger charge is -2.01. The predicted octanol–water partition coefficient (Wildman–Crippen LogP) is 2.77. The van der Waals surface area contributed by atoms with Crippen LogP contribution in [0.25, 0.3) is 11.0 Å². The van der Waals surface area contributed by atoms with Gasteiger partial charge in [-0.05, 0) is 39.7 Å². The number of benzene rings is 1. The zero-order valence-electron chi connectivity index (χ0n) is 7.67. The van der Waals surface area contributed by atoms with Crippen molar-refractivity contribution in [1.82, 2.24) is 9.97 Å². The minimum atomic E-state index is -0.414. The van der Waals surface area contributed by atoms with Crippen molar-refractivity contribution in [2.75, 3.05) is 7.11 Å². The van der Waals surface area contributed by atoms with E-state index in [4.69, 9.17) is 11.6 Å². The van der Waals surface area contributed by atoms with Crippen molar-refractivity contribution in [2.24, 2.45) is 0 Å². The van der Waals surface area contributed by atoms with Gasteiger partial charge in [0.25, 0.3) is 0 Å². The number of imidazole rings is 1. The molecule has 0 aliphatic heterocycles. The van der Waals surface area contributed by atoms with E-state index in [1.165, 1.54) is 7.11 Å². The number of fused-ring (bicyclic) bond motifs is 1. The minimum Gasteiger partial charge on any atom is -0.465 e. The number of rotatable bonds is 1. The summed E-state index contributed by atoms with van der Waals surface area (Å²) in [5.41, 5.74) is 1.80. The number of hydrogen-bond donors (Lipinski definition) is 1. The summed E-state index contributed by atoms with van der Waals surface area (Å²) in [4.78, 5) is 18.3. The summed E-state index contributed by atoms with van der Waals surface area (Å²) in [7, 11) is 1.33. The quantitative estimate of drug-likeness (QED) is 0.821. The Kier molecular flexibility index (Phi) is 2.67. The van der Waals surface area contributed by atoms with Crippen LogP contribution in [-0.4, -0.2) is 23.0 Å². The molecule has 1 aromatic carbocycles. The van der Waals surface area contributed by atoms with Crippen molar-refractivity contribution in [3.8, 4) is 0 Å². The predicted molar refractivity (Wildman–Crippen MR) is 60.1 cm³/mol. The molecule has 0 saturated carbocycles. The molecule has 6 heteroatoms. The highest BCUT2D eigenvalue weighted by Crippen LogP contribution is 2.27. The van der Waals surface area contributed by atoms with Crippen molar-refractivity contribution in [3.05, 3.63) is 27.5 Å². The Morgan fingerprint density at radius 1 is 1.60 bits per heavy atom. The molecule has 1 heterocycles. The number of esters is 1. The molecule has 0 bridgehead atoms. The molecule has 0 aliphatic rings. The van der Waals surface area contributed by atoms with E-state index in [0.717, 1.165) is 5.52 Å². The second-order valence-corrected chi connectivity index (χ2v) is 3.99. The Morgan fingerprint density at radius 3 is 3.00 bits per heavy atom. The van der Waals surface area contributed by atoms with Gasteiger partial charge < -0.3 is 9.72 Å². The van der Waals surface area contributed by atoms with Gasteiger partial charge in [0.1, 0.15) is 5.52 Å². The zero-order valence-corrected chi connectivity index (χ0v) is 10.0. The monoisotopic (exact) mass is 288 g/mol. The van der Waals surface area contributed by atoms with E-state index in [9.17, 15) is 4.79 Å². The van der Waals surface area contributed by atoms with Crippen molar-refractivity contribution in [1.29, 1.82) is 0 Å². The van der Waals surface area contributed by atoms with Crippen molar-refractivity contribution in [3.63, 3.8) is 0 Å². The maximum atomic E-state index is 11.4. The van der Waals surface area contributed by atoms with Crippen molar-refractivity contribution >= 4 is 44.5 Å². The molecule has 15 heavy (non-hydrogen) atoms. The first-order chi connectivity index (χ1) is 7.13. The molecule has 0 atom stereocenters. The highest BCUT2D eigenvalue weighted by Gasteiger charge is 2.15. The van der Waals surface area contributed by atoms with Crippen LogP contribution in [0.4, 0.5) is 0 Å². The van der Waals surface area contributed by atoms with Crippen LogP contribution >= 0.6 is 27.5 Å². The third-order valence-corrected chi connectivity index (χ3v) is 2.95. The summed E-state index contributed by atoms with van der Waals surface area (Å²) in [6, 6.07) is 3.37. The maximum absolute atomic E-state index is 11.4. The Balaban J connectivity index is 2.69. The number of methoxy groups -OCH3 is 1. The number of carbonyl (C=O) groups excluding carboxylic acids is 1. The number of ether oxygens (including phenoxy) is 1. The van der Waals surface area contributed by atoms with Gasteiger partial charge in [-0.3, -0.25) is 0 Å². The van der Waals surface area contributed by atoms with Crippen LogP contribution in [0.3, 0.4) is 0 Å². The van der Waals surface area contributed by atoms with Crippen molar-refractivity contribution < 1.29 is 9.53 Å². The first kappa shape index (κ1) is 10.4. The lowest BCUT2D eigenvalue weighted by Crippen LogP contribution is -2.02. The number of nitrogens with zero attached hydrogens (tertiary/aromatic N) is 1. The second kappa shape index (κ2) is 3.83. The molecule has 1 N–H and O–H groups in total. The molecule has 2 rings (SSSR count). The molecule has 0 fully saturated rings. The molecular weight excluding hydrogens is 283 g/mol. The van der Waals surface area contributed by atoms with Crippen LogP contribution in [-0.2, 0) is 4.74 Å². The number of carbonyl (C=O) groups is 1. The normalized spacial score (nSPS) is 10.6. The third kappa shape index (κ3) is 1.72. The van der Waals surface area contributed by atoms with Gasteiger partial charge in [0.05, 0.1) is 22.7 Å². The highest BCUT2D eigenvalue weighted by atomic mass is 79.9. The average Bonchev–Trinajstić information content (AvgIpc) is 2.59. The fourth-order valence-corrected chi connectivity index (χ4v) is 2.06. The number of nitrogens with one attached hydrogen (secondary N) is 1. The van der Waals surface area contributed by atoms with Gasteiger partial charge in [-0.25, -0.2) is 9.78 Å². The molecule has 4 nitrogen and oxygen atoms in total. The molecular formula is C9H6BrClN2O2. The fourth-order valence-electron chi connectivity index (χ4n) is 1.28. The van der Waals surface area contributed by atoms with E-state index in [1.807, 2.05) is 0 Å². The van der Waals surface area contributed by atoms with Crippen LogP contribution in [0, 0.1) is 0 Å². The minimum absolute atomic E-state index is 0.285.